The molecule has 2 fully saturated rings. The normalized spacial score (nSPS) is 20.3. The lowest BCUT2D eigenvalue weighted by molar-refractivity contribution is -0.134. The molecule has 1 aliphatic heterocycles. The molecule has 2 amide bonds. The molecule has 5 nitrogen and oxygen atoms in total. The first kappa shape index (κ1) is 19.4. The van der Waals surface area contributed by atoms with E-state index in [0.717, 1.165) is 38.5 Å². The molecule has 1 aromatic rings. The molecule has 0 aromatic carbocycles. The molecule has 3 rings (SSSR count). The fourth-order valence-corrected chi connectivity index (χ4v) is 4.69. The quantitative estimate of drug-likeness (QED) is 0.795. The Hall–Kier alpha value is -1.40. The maximum atomic E-state index is 12.4. The molecule has 1 unspecified atom stereocenters. The van der Waals surface area contributed by atoms with E-state index in [9.17, 15) is 9.59 Å². The first-order chi connectivity index (χ1) is 12.6. The van der Waals surface area contributed by atoms with E-state index in [0.29, 0.717) is 18.9 Å². The van der Waals surface area contributed by atoms with Gasteiger partial charge in [-0.05, 0) is 30.7 Å². The molecule has 6 heteroatoms. The van der Waals surface area contributed by atoms with Crippen LogP contribution in [0.1, 0.15) is 50.3 Å². The summed E-state index contributed by atoms with van der Waals surface area (Å²) in [5.74, 6) is 1.14. The van der Waals surface area contributed by atoms with Gasteiger partial charge in [-0.25, -0.2) is 0 Å². The van der Waals surface area contributed by atoms with Crippen LogP contribution in [0.3, 0.4) is 0 Å². The van der Waals surface area contributed by atoms with Gasteiger partial charge in [0.2, 0.25) is 11.8 Å². The largest absolute Gasteiger partial charge is 0.350 e. The summed E-state index contributed by atoms with van der Waals surface area (Å²) in [6.45, 7) is 5.60. The van der Waals surface area contributed by atoms with Crippen LogP contribution in [0.25, 0.3) is 0 Å². The SMILES string of the molecule is CC(C(=O)NCc1cccs1)N1CCN(C(=O)CCC2CCCC2)CC1. The highest BCUT2D eigenvalue weighted by Crippen LogP contribution is 2.28. The van der Waals surface area contributed by atoms with Crippen molar-refractivity contribution in [2.24, 2.45) is 5.92 Å². The van der Waals surface area contributed by atoms with Gasteiger partial charge in [0.25, 0.3) is 0 Å². The van der Waals surface area contributed by atoms with Crippen molar-refractivity contribution in [3.63, 3.8) is 0 Å². The first-order valence-corrected chi connectivity index (χ1v) is 10.8. The number of rotatable bonds is 7. The zero-order valence-corrected chi connectivity index (χ0v) is 16.6. The number of piperazine rings is 1. The fourth-order valence-electron chi connectivity index (χ4n) is 4.04. The molecule has 0 radical (unpaired) electrons. The van der Waals surface area contributed by atoms with Crippen LogP contribution in [0, 0.1) is 5.92 Å². The summed E-state index contributed by atoms with van der Waals surface area (Å²) in [5, 5.41) is 5.04. The topological polar surface area (TPSA) is 52.7 Å². The summed E-state index contributed by atoms with van der Waals surface area (Å²) in [6, 6.07) is 3.88. The lowest BCUT2D eigenvalue weighted by Gasteiger charge is -2.37. The number of hydrogen-bond donors (Lipinski definition) is 1. The summed E-state index contributed by atoms with van der Waals surface area (Å²) in [5.41, 5.74) is 0. The van der Waals surface area contributed by atoms with Crippen LogP contribution in [0.15, 0.2) is 17.5 Å². The Morgan fingerprint density at radius 1 is 1.23 bits per heavy atom. The van der Waals surface area contributed by atoms with Crippen LogP contribution in [0.2, 0.25) is 0 Å². The van der Waals surface area contributed by atoms with Crippen molar-refractivity contribution >= 4 is 23.2 Å². The van der Waals surface area contributed by atoms with E-state index in [4.69, 9.17) is 0 Å². The third kappa shape index (κ3) is 5.30. The Kier molecular flexibility index (Phi) is 7.08. The number of nitrogens with one attached hydrogen (secondary N) is 1. The zero-order valence-electron chi connectivity index (χ0n) is 15.8. The average molecular weight is 378 g/mol. The van der Waals surface area contributed by atoms with Crippen molar-refractivity contribution in [3.8, 4) is 0 Å². The van der Waals surface area contributed by atoms with Crippen molar-refractivity contribution in [1.29, 1.82) is 0 Å². The highest BCUT2D eigenvalue weighted by atomic mass is 32.1. The second-order valence-electron chi connectivity index (χ2n) is 7.58. The van der Waals surface area contributed by atoms with E-state index < -0.39 is 0 Å². The first-order valence-electron chi connectivity index (χ1n) is 9.95. The van der Waals surface area contributed by atoms with E-state index in [2.05, 4.69) is 10.2 Å². The molecule has 0 bridgehead atoms. The molecule has 1 aromatic heterocycles. The van der Waals surface area contributed by atoms with E-state index in [-0.39, 0.29) is 11.9 Å². The van der Waals surface area contributed by atoms with Crippen molar-refractivity contribution in [2.45, 2.75) is 58.0 Å². The predicted molar refractivity (Wildman–Crippen MR) is 105 cm³/mol. The second-order valence-corrected chi connectivity index (χ2v) is 8.61. The van der Waals surface area contributed by atoms with Gasteiger partial charge >= 0.3 is 0 Å². The third-order valence-corrected chi connectivity index (χ3v) is 6.73. The number of carbonyl (C=O) groups excluding carboxylic acids is 2. The van der Waals surface area contributed by atoms with Crippen molar-refractivity contribution in [3.05, 3.63) is 22.4 Å². The zero-order chi connectivity index (χ0) is 18.4. The molecular formula is C20H31N3O2S. The van der Waals surface area contributed by atoms with Crippen molar-refractivity contribution in [1.82, 2.24) is 15.1 Å². The van der Waals surface area contributed by atoms with Gasteiger partial charge in [-0.15, -0.1) is 11.3 Å². The standard InChI is InChI=1S/C20H31N3O2S/c1-16(20(25)21-15-18-7-4-14-26-18)22-10-12-23(13-11-22)19(24)9-8-17-5-2-3-6-17/h4,7,14,16-17H,2-3,5-6,8-13,15H2,1H3,(H,21,25). The van der Waals surface area contributed by atoms with Gasteiger partial charge in [-0.1, -0.05) is 31.7 Å². The van der Waals surface area contributed by atoms with Gasteiger partial charge in [0.05, 0.1) is 12.6 Å². The highest BCUT2D eigenvalue weighted by Gasteiger charge is 2.27. The van der Waals surface area contributed by atoms with Gasteiger partial charge < -0.3 is 10.2 Å². The minimum Gasteiger partial charge on any atom is -0.350 e. The smallest absolute Gasteiger partial charge is 0.237 e. The van der Waals surface area contributed by atoms with E-state index in [1.165, 1.54) is 30.6 Å². The molecule has 2 heterocycles. The van der Waals surface area contributed by atoms with Gasteiger partial charge in [0.1, 0.15) is 0 Å². The lowest BCUT2D eigenvalue weighted by Crippen LogP contribution is -2.54. The van der Waals surface area contributed by atoms with Crippen LogP contribution in [0.4, 0.5) is 0 Å². The minimum absolute atomic E-state index is 0.0689. The molecular weight excluding hydrogens is 346 g/mol. The van der Waals surface area contributed by atoms with Crippen LogP contribution >= 0.6 is 11.3 Å². The Morgan fingerprint density at radius 3 is 2.62 bits per heavy atom. The molecule has 1 aliphatic carbocycles. The van der Waals surface area contributed by atoms with E-state index >= 15 is 0 Å². The number of carbonyl (C=O) groups is 2. The molecule has 26 heavy (non-hydrogen) atoms. The Morgan fingerprint density at radius 2 is 1.96 bits per heavy atom. The average Bonchev–Trinajstić information content (AvgIpc) is 3.37. The molecule has 144 valence electrons. The van der Waals surface area contributed by atoms with Crippen LogP contribution in [-0.4, -0.2) is 53.8 Å². The number of amides is 2. The van der Waals surface area contributed by atoms with E-state index in [1.54, 1.807) is 11.3 Å². The number of hydrogen-bond acceptors (Lipinski definition) is 4. The van der Waals surface area contributed by atoms with Gasteiger partial charge in [-0.2, -0.15) is 0 Å². The minimum atomic E-state index is -0.147. The Balaban J connectivity index is 1.36. The maximum absolute atomic E-state index is 12.4. The lowest BCUT2D eigenvalue weighted by atomic mass is 10.0. The number of thiophene rings is 1. The molecule has 1 saturated carbocycles. The van der Waals surface area contributed by atoms with Crippen molar-refractivity contribution in [2.75, 3.05) is 26.2 Å². The summed E-state index contributed by atoms with van der Waals surface area (Å²) in [7, 11) is 0. The third-order valence-electron chi connectivity index (χ3n) is 5.85. The van der Waals surface area contributed by atoms with Gasteiger partial charge in [0, 0.05) is 37.5 Å². The number of nitrogens with zero attached hydrogens (tertiary/aromatic N) is 2. The summed E-state index contributed by atoms with van der Waals surface area (Å²) >= 11 is 1.66. The highest BCUT2D eigenvalue weighted by molar-refractivity contribution is 7.09. The molecule has 1 N–H and O–H groups in total. The van der Waals surface area contributed by atoms with Crippen LogP contribution in [0.5, 0.6) is 0 Å². The van der Waals surface area contributed by atoms with Gasteiger partial charge in [-0.3, -0.25) is 14.5 Å². The Labute approximate surface area is 160 Å². The summed E-state index contributed by atoms with van der Waals surface area (Å²) in [6.07, 6.45) is 7.04. The van der Waals surface area contributed by atoms with Gasteiger partial charge in [0.15, 0.2) is 0 Å². The predicted octanol–water partition coefficient (Wildman–Crippen LogP) is 2.87. The maximum Gasteiger partial charge on any atom is 0.237 e. The van der Waals surface area contributed by atoms with Crippen molar-refractivity contribution < 1.29 is 9.59 Å². The van der Waals surface area contributed by atoms with Crippen LogP contribution < -0.4 is 5.32 Å². The molecule has 1 atom stereocenters. The molecule has 0 spiro atoms. The molecule has 1 saturated heterocycles. The summed E-state index contributed by atoms with van der Waals surface area (Å²) < 4.78 is 0. The second kappa shape index (κ2) is 9.51. The van der Waals surface area contributed by atoms with Crippen LogP contribution in [-0.2, 0) is 16.1 Å². The Bertz CT molecular complexity index is 576. The monoisotopic (exact) mass is 377 g/mol. The molecule has 2 aliphatic rings. The van der Waals surface area contributed by atoms with E-state index in [1.807, 2.05) is 29.3 Å². The fraction of sp³-hybridized carbons (Fsp3) is 0.700. The summed E-state index contributed by atoms with van der Waals surface area (Å²) in [4.78, 5) is 30.1.